The zero-order valence-corrected chi connectivity index (χ0v) is 10.8. The quantitative estimate of drug-likeness (QED) is 0.877. The molecule has 0 bridgehead atoms. The Morgan fingerprint density at radius 1 is 1.62 bits per heavy atom. The van der Waals surface area contributed by atoms with Gasteiger partial charge in [-0.1, -0.05) is 0 Å². The molecule has 1 aliphatic rings. The van der Waals surface area contributed by atoms with Crippen molar-refractivity contribution in [2.24, 2.45) is 0 Å². The van der Waals surface area contributed by atoms with Crippen LogP contribution >= 0.6 is 11.8 Å². The highest BCUT2D eigenvalue weighted by Crippen LogP contribution is 2.29. The van der Waals surface area contributed by atoms with E-state index in [2.05, 4.69) is 18.9 Å². The summed E-state index contributed by atoms with van der Waals surface area (Å²) in [6, 6.07) is 2.41. The van der Waals surface area contributed by atoms with Gasteiger partial charge in [-0.05, 0) is 38.5 Å². The maximum absolute atomic E-state index is 10.1. The van der Waals surface area contributed by atoms with Crippen LogP contribution in [0, 0.1) is 0 Å². The van der Waals surface area contributed by atoms with Gasteiger partial charge in [0.25, 0.3) is 0 Å². The lowest BCUT2D eigenvalue weighted by atomic mass is 10.1. The second kappa shape index (κ2) is 5.23. The number of hydrogen-bond acceptors (Lipinski definition) is 3. The lowest BCUT2D eigenvalue weighted by molar-refractivity contribution is 0.169. The molecule has 1 saturated heterocycles. The zero-order valence-electron chi connectivity index (χ0n) is 9.97. The van der Waals surface area contributed by atoms with E-state index in [1.807, 2.05) is 28.7 Å². The van der Waals surface area contributed by atoms with Gasteiger partial charge in [0.1, 0.15) is 0 Å². The average molecular weight is 240 g/mol. The average Bonchev–Trinajstić information content (AvgIpc) is 2.87. The molecule has 3 nitrogen and oxygen atoms in total. The van der Waals surface area contributed by atoms with Crippen molar-refractivity contribution >= 4 is 11.8 Å². The predicted molar refractivity (Wildman–Crippen MR) is 67.8 cm³/mol. The third kappa shape index (κ3) is 2.80. The number of aliphatic hydroxyl groups excluding tert-OH is 1. The van der Waals surface area contributed by atoms with Gasteiger partial charge in [-0.15, -0.1) is 0 Å². The molecule has 2 rings (SSSR count). The van der Waals surface area contributed by atoms with Crippen molar-refractivity contribution in [3.8, 4) is 0 Å². The topological polar surface area (TPSA) is 38.0 Å². The molecule has 4 heteroatoms. The second-order valence-electron chi connectivity index (χ2n) is 4.70. The van der Waals surface area contributed by atoms with Crippen LogP contribution in [0.15, 0.2) is 12.3 Å². The first-order valence-corrected chi connectivity index (χ1v) is 7.05. The summed E-state index contributed by atoms with van der Waals surface area (Å²) in [5.41, 5.74) is 1.01. The first-order valence-electron chi connectivity index (χ1n) is 6.00. The molecule has 1 aromatic heterocycles. The number of hydrogen-bond donors (Lipinski definition) is 1. The summed E-state index contributed by atoms with van der Waals surface area (Å²) in [6.07, 6.45) is 4.85. The smallest absolute Gasteiger partial charge is 0.0714 e. The Labute approximate surface area is 101 Å². The molecule has 0 aliphatic carbocycles. The molecule has 1 fully saturated rings. The summed E-state index contributed by atoms with van der Waals surface area (Å²) in [5.74, 6) is 1.20. The van der Waals surface area contributed by atoms with Crippen molar-refractivity contribution in [3.63, 3.8) is 0 Å². The van der Waals surface area contributed by atoms with Gasteiger partial charge in [-0.3, -0.25) is 4.68 Å². The zero-order chi connectivity index (χ0) is 11.5. The summed E-state index contributed by atoms with van der Waals surface area (Å²) in [6.45, 7) is 4.22. The molecule has 0 spiro atoms. The first kappa shape index (κ1) is 12.0. The second-order valence-corrected chi connectivity index (χ2v) is 6.05. The van der Waals surface area contributed by atoms with Crippen LogP contribution in [0.3, 0.4) is 0 Å². The summed E-state index contributed by atoms with van der Waals surface area (Å²) < 4.78 is 1.95. The van der Waals surface area contributed by atoms with E-state index in [1.165, 1.54) is 12.2 Å². The van der Waals surface area contributed by atoms with Crippen molar-refractivity contribution in [1.29, 1.82) is 0 Å². The van der Waals surface area contributed by atoms with Gasteiger partial charge >= 0.3 is 0 Å². The van der Waals surface area contributed by atoms with Gasteiger partial charge in [0.15, 0.2) is 0 Å². The lowest BCUT2D eigenvalue weighted by Crippen LogP contribution is -2.23. The summed E-state index contributed by atoms with van der Waals surface area (Å²) in [7, 11) is 0. The molecule has 0 radical (unpaired) electrons. The Kier molecular flexibility index (Phi) is 3.92. The Balaban J connectivity index is 1.92. The van der Waals surface area contributed by atoms with Gasteiger partial charge in [0, 0.05) is 23.9 Å². The fourth-order valence-corrected chi connectivity index (χ4v) is 3.31. The van der Waals surface area contributed by atoms with E-state index >= 15 is 0 Å². The summed E-state index contributed by atoms with van der Waals surface area (Å²) in [4.78, 5) is 0. The van der Waals surface area contributed by atoms with E-state index in [1.54, 1.807) is 0 Å². The SMILES string of the molecule is CC(C)n1ccc(CC(O)C2CCCS2)n1. The monoisotopic (exact) mass is 240 g/mol. The largest absolute Gasteiger partial charge is 0.392 e. The molecular formula is C12H20N2OS. The third-order valence-corrected chi connectivity index (χ3v) is 4.51. The number of aromatic nitrogens is 2. The van der Waals surface area contributed by atoms with Crippen molar-refractivity contribution in [2.45, 2.75) is 50.5 Å². The fourth-order valence-electron chi connectivity index (χ4n) is 2.03. The molecule has 16 heavy (non-hydrogen) atoms. The molecule has 2 heterocycles. The van der Waals surface area contributed by atoms with E-state index in [0.717, 1.165) is 12.1 Å². The molecule has 0 saturated carbocycles. The van der Waals surface area contributed by atoms with Gasteiger partial charge in [0.2, 0.25) is 0 Å². The van der Waals surface area contributed by atoms with Crippen LogP contribution in [0.2, 0.25) is 0 Å². The standard InChI is InChI=1S/C12H20N2OS/c1-9(2)14-6-5-10(13-14)8-11(15)12-4-3-7-16-12/h5-6,9,11-12,15H,3-4,7-8H2,1-2H3. The van der Waals surface area contributed by atoms with E-state index in [0.29, 0.717) is 17.7 Å². The third-order valence-electron chi connectivity index (χ3n) is 3.00. The molecule has 0 amide bonds. The number of aliphatic hydroxyl groups is 1. The highest BCUT2D eigenvalue weighted by Gasteiger charge is 2.24. The first-order chi connectivity index (χ1) is 7.66. The number of rotatable bonds is 4. The highest BCUT2D eigenvalue weighted by molar-refractivity contribution is 8.00. The van der Waals surface area contributed by atoms with Crippen LogP contribution in [0.4, 0.5) is 0 Å². The van der Waals surface area contributed by atoms with Crippen LogP contribution in [0.1, 0.15) is 38.4 Å². The Morgan fingerprint density at radius 2 is 2.44 bits per heavy atom. The van der Waals surface area contributed by atoms with Gasteiger partial charge in [-0.25, -0.2) is 0 Å². The fraction of sp³-hybridized carbons (Fsp3) is 0.750. The van der Waals surface area contributed by atoms with Crippen LogP contribution in [0.5, 0.6) is 0 Å². The molecule has 1 aliphatic heterocycles. The molecule has 0 aromatic carbocycles. The lowest BCUT2D eigenvalue weighted by Gasteiger charge is -2.15. The van der Waals surface area contributed by atoms with Crippen LogP contribution < -0.4 is 0 Å². The molecule has 1 N–H and O–H groups in total. The van der Waals surface area contributed by atoms with Crippen molar-refractivity contribution in [3.05, 3.63) is 18.0 Å². The Hall–Kier alpha value is -0.480. The Bertz CT molecular complexity index is 332. The molecule has 90 valence electrons. The number of thioether (sulfide) groups is 1. The van der Waals surface area contributed by atoms with Gasteiger partial charge < -0.3 is 5.11 Å². The predicted octanol–water partition coefficient (Wildman–Crippen LogP) is 2.26. The molecule has 2 unspecified atom stereocenters. The van der Waals surface area contributed by atoms with Crippen LogP contribution in [-0.2, 0) is 6.42 Å². The van der Waals surface area contributed by atoms with Crippen molar-refractivity contribution in [1.82, 2.24) is 9.78 Å². The normalized spacial score (nSPS) is 22.9. The van der Waals surface area contributed by atoms with E-state index in [9.17, 15) is 5.11 Å². The highest BCUT2D eigenvalue weighted by atomic mass is 32.2. The van der Waals surface area contributed by atoms with Gasteiger partial charge in [-0.2, -0.15) is 16.9 Å². The van der Waals surface area contributed by atoms with E-state index in [4.69, 9.17) is 0 Å². The van der Waals surface area contributed by atoms with Crippen molar-refractivity contribution < 1.29 is 5.11 Å². The minimum atomic E-state index is -0.233. The maximum atomic E-state index is 10.1. The maximum Gasteiger partial charge on any atom is 0.0714 e. The van der Waals surface area contributed by atoms with E-state index in [-0.39, 0.29) is 6.10 Å². The summed E-state index contributed by atoms with van der Waals surface area (Å²) >= 11 is 1.90. The van der Waals surface area contributed by atoms with E-state index < -0.39 is 0 Å². The van der Waals surface area contributed by atoms with Crippen molar-refractivity contribution in [2.75, 3.05) is 5.75 Å². The van der Waals surface area contributed by atoms with Crippen LogP contribution in [-0.4, -0.2) is 32.0 Å². The minimum absolute atomic E-state index is 0.233. The summed E-state index contributed by atoms with van der Waals surface area (Å²) in [5, 5.41) is 15.0. The molecular weight excluding hydrogens is 220 g/mol. The minimum Gasteiger partial charge on any atom is -0.392 e. The molecule has 1 aromatic rings. The number of nitrogens with zero attached hydrogens (tertiary/aromatic N) is 2. The van der Waals surface area contributed by atoms with Gasteiger partial charge in [0.05, 0.1) is 11.8 Å². The molecule has 2 atom stereocenters. The van der Waals surface area contributed by atoms with Crippen LogP contribution in [0.25, 0.3) is 0 Å². The Morgan fingerprint density at radius 3 is 3.00 bits per heavy atom.